The highest BCUT2D eigenvalue weighted by atomic mass is 79.9. The van der Waals surface area contributed by atoms with Crippen LogP contribution < -0.4 is 10.6 Å². The van der Waals surface area contributed by atoms with Crippen LogP contribution in [0, 0.1) is 6.92 Å². The van der Waals surface area contributed by atoms with E-state index in [2.05, 4.69) is 31.5 Å². The Kier molecular flexibility index (Phi) is 7.94. The van der Waals surface area contributed by atoms with Crippen LogP contribution in [0.2, 0.25) is 0 Å². The molecule has 0 bridgehead atoms. The van der Waals surface area contributed by atoms with Gasteiger partial charge >= 0.3 is 0 Å². The number of aryl methyl sites for hydroxylation is 1. The van der Waals surface area contributed by atoms with E-state index in [1.165, 1.54) is 0 Å². The lowest BCUT2D eigenvalue weighted by molar-refractivity contribution is 0.0925. The molecule has 0 aliphatic heterocycles. The van der Waals surface area contributed by atoms with E-state index in [4.69, 9.17) is 4.74 Å². The number of nitrogens with zero attached hydrogens (tertiary/aromatic N) is 1. The van der Waals surface area contributed by atoms with Crippen LogP contribution in [0.4, 0.5) is 5.69 Å². The fraction of sp³-hybridized carbons (Fsp3) is 0.350. The maximum absolute atomic E-state index is 12.8. The number of halogens is 1. The Balaban J connectivity index is 2.25. The fourth-order valence-corrected chi connectivity index (χ4v) is 2.76. The minimum atomic E-state index is -0.370. The molecule has 1 heterocycles. The van der Waals surface area contributed by atoms with Gasteiger partial charge in [-0.3, -0.25) is 9.59 Å². The van der Waals surface area contributed by atoms with Gasteiger partial charge < -0.3 is 15.4 Å². The van der Waals surface area contributed by atoms with Crippen LogP contribution in [0.1, 0.15) is 46.0 Å². The summed E-state index contributed by atoms with van der Waals surface area (Å²) in [7, 11) is 0. The van der Waals surface area contributed by atoms with Crippen molar-refractivity contribution in [2.24, 2.45) is 0 Å². The van der Waals surface area contributed by atoms with Crippen molar-refractivity contribution in [3.05, 3.63) is 58.9 Å². The molecule has 0 fully saturated rings. The molecule has 1 aromatic heterocycles. The van der Waals surface area contributed by atoms with Crippen molar-refractivity contribution in [3.63, 3.8) is 0 Å². The fourth-order valence-electron chi connectivity index (χ4n) is 2.53. The van der Waals surface area contributed by atoms with E-state index < -0.39 is 0 Å². The maximum Gasteiger partial charge on any atom is 0.270 e. The van der Waals surface area contributed by atoms with Gasteiger partial charge in [-0.15, -0.1) is 0 Å². The molecule has 0 saturated heterocycles. The highest BCUT2D eigenvalue weighted by molar-refractivity contribution is 9.09. The standard InChI is InChI=1S/C20H24BrN3O3/c1-13(2)22-20(26)18-16(9-8-14(3)23-18)19(25)24-17-7-5-4-6-15(17)10-11-27-12-21/h4-9,13H,10-12H2,1-3H3,(H,22,26)(H,24,25). The van der Waals surface area contributed by atoms with Crippen molar-refractivity contribution in [2.45, 2.75) is 33.2 Å². The molecule has 7 heteroatoms. The molecule has 0 unspecified atom stereocenters. The lowest BCUT2D eigenvalue weighted by atomic mass is 10.1. The molecule has 0 atom stereocenters. The van der Waals surface area contributed by atoms with E-state index >= 15 is 0 Å². The smallest absolute Gasteiger partial charge is 0.270 e. The summed E-state index contributed by atoms with van der Waals surface area (Å²) < 4.78 is 5.32. The first-order valence-electron chi connectivity index (χ1n) is 8.74. The molecule has 0 radical (unpaired) electrons. The van der Waals surface area contributed by atoms with E-state index in [1.54, 1.807) is 19.1 Å². The normalized spacial score (nSPS) is 10.7. The van der Waals surface area contributed by atoms with Crippen molar-refractivity contribution in [1.82, 2.24) is 10.3 Å². The third-order valence-electron chi connectivity index (χ3n) is 3.77. The number of carbonyl (C=O) groups is 2. The lowest BCUT2D eigenvalue weighted by Crippen LogP contribution is -2.33. The third kappa shape index (κ3) is 6.15. The molecule has 0 aliphatic carbocycles. The molecular weight excluding hydrogens is 410 g/mol. The second-order valence-corrected chi connectivity index (χ2v) is 6.81. The van der Waals surface area contributed by atoms with E-state index in [1.807, 2.05) is 38.1 Å². The molecule has 2 N–H and O–H groups in total. The van der Waals surface area contributed by atoms with Gasteiger partial charge in [-0.1, -0.05) is 34.1 Å². The molecule has 0 saturated carbocycles. The molecule has 2 aromatic rings. The van der Waals surface area contributed by atoms with Gasteiger partial charge in [0.25, 0.3) is 11.8 Å². The number of benzene rings is 1. The van der Waals surface area contributed by atoms with Crippen molar-refractivity contribution in [1.29, 1.82) is 0 Å². The summed E-state index contributed by atoms with van der Waals surface area (Å²) in [5.74, 6) is -0.733. The van der Waals surface area contributed by atoms with E-state index in [9.17, 15) is 9.59 Å². The molecule has 27 heavy (non-hydrogen) atoms. The zero-order valence-electron chi connectivity index (χ0n) is 15.7. The maximum atomic E-state index is 12.8. The number of nitrogens with one attached hydrogen (secondary N) is 2. The second kappa shape index (κ2) is 10.2. The molecule has 6 nitrogen and oxygen atoms in total. The van der Waals surface area contributed by atoms with Crippen LogP contribution in [-0.4, -0.2) is 35.0 Å². The minimum absolute atomic E-state index is 0.0501. The van der Waals surface area contributed by atoms with Gasteiger partial charge in [0, 0.05) is 17.4 Å². The summed E-state index contributed by atoms with van der Waals surface area (Å²) in [4.78, 5) is 29.6. The first-order valence-corrected chi connectivity index (χ1v) is 9.86. The van der Waals surface area contributed by atoms with E-state index in [-0.39, 0.29) is 29.1 Å². The van der Waals surface area contributed by atoms with Crippen molar-refractivity contribution in [3.8, 4) is 0 Å². The van der Waals surface area contributed by atoms with Crippen molar-refractivity contribution >= 4 is 33.4 Å². The Morgan fingerprint density at radius 3 is 2.59 bits per heavy atom. The summed E-state index contributed by atoms with van der Waals surface area (Å²) in [6, 6.07) is 10.8. The van der Waals surface area contributed by atoms with Gasteiger partial charge in [0.05, 0.1) is 12.2 Å². The van der Waals surface area contributed by atoms with Crippen LogP contribution in [0.5, 0.6) is 0 Å². The molecule has 144 valence electrons. The summed E-state index contributed by atoms with van der Waals surface area (Å²) in [6.45, 7) is 6.04. The van der Waals surface area contributed by atoms with Gasteiger partial charge in [-0.05, 0) is 51.0 Å². The summed E-state index contributed by atoms with van der Waals surface area (Å²) >= 11 is 3.22. The Labute approximate surface area is 167 Å². The van der Waals surface area contributed by atoms with Crippen LogP contribution in [0.15, 0.2) is 36.4 Å². The predicted molar refractivity (Wildman–Crippen MR) is 109 cm³/mol. The molecule has 2 rings (SSSR count). The number of aromatic nitrogens is 1. The molecule has 1 aromatic carbocycles. The van der Waals surface area contributed by atoms with Crippen molar-refractivity contribution < 1.29 is 14.3 Å². The quantitative estimate of drug-likeness (QED) is 0.491. The molecular formula is C20H24BrN3O3. The zero-order valence-corrected chi connectivity index (χ0v) is 17.3. The Hall–Kier alpha value is -2.25. The number of amides is 2. The Morgan fingerprint density at radius 1 is 1.15 bits per heavy atom. The average Bonchev–Trinajstić information content (AvgIpc) is 2.62. The number of alkyl halides is 1. The number of para-hydroxylation sites is 1. The summed E-state index contributed by atoms with van der Waals surface area (Å²) in [5.41, 5.74) is 3.15. The van der Waals surface area contributed by atoms with Gasteiger partial charge in [0.1, 0.15) is 11.2 Å². The predicted octanol–water partition coefficient (Wildman–Crippen LogP) is 3.69. The third-order valence-corrected chi connectivity index (χ3v) is 4.10. The lowest BCUT2D eigenvalue weighted by Gasteiger charge is -2.14. The van der Waals surface area contributed by atoms with Gasteiger partial charge in [-0.2, -0.15) is 0 Å². The SMILES string of the molecule is Cc1ccc(C(=O)Nc2ccccc2CCOCBr)c(C(=O)NC(C)C)n1. The van der Waals surface area contributed by atoms with Crippen LogP contribution in [0.25, 0.3) is 0 Å². The second-order valence-electron chi connectivity index (χ2n) is 6.36. The Morgan fingerprint density at radius 2 is 1.89 bits per heavy atom. The highest BCUT2D eigenvalue weighted by Crippen LogP contribution is 2.18. The number of ether oxygens (including phenoxy) is 1. The average molecular weight is 434 g/mol. The monoisotopic (exact) mass is 433 g/mol. The van der Waals surface area contributed by atoms with E-state index in [0.29, 0.717) is 29.9 Å². The first-order chi connectivity index (χ1) is 12.9. The highest BCUT2D eigenvalue weighted by Gasteiger charge is 2.20. The Bertz CT molecular complexity index is 809. The molecule has 2 amide bonds. The van der Waals surface area contributed by atoms with Crippen LogP contribution in [-0.2, 0) is 11.2 Å². The number of anilines is 1. The van der Waals surface area contributed by atoms with Crippen LogP contribution in [0.3, 0.4) is 0 Å². The number of hydrogen-bond acceptors (Lipinski definition) is 4. The van der Waals surface area contributed by atoms with Gasteiger partial charge in [0.2, 0.25) is 0 Å². The first kappa shape index (κ1) is 21.1. The van der Waals surface area contributed by atoms with Gasteiger partial charge in [-0.25, -0.2) is 4.98 Å². The molecule has 0 aliphatic rings. The minimum Gasteiger partial charge on any atom is -0.370 e. The molecule has 0 spiro atoms. The summed E-state index contributed by atoms with van der Waals surface area (Å²) in [5, 5.41) is 5.68. The number of hydrogen-bond donors (Lipinski definition) is 2. The number of rotatable bonds is 8. The van der Waals surface area contributed by atoms with Crippen molar-refractivity contribution in [2.75, 3.05) is 17.4 Å². The summed E-state index contributed by atoms with van der Waals surface area (Å²) in [6.07, 6.45) is 0.662. The zero-order chi connectivity index (χ0) is 19.8. The largest absolute Gasteiger partial charge is 0.370 e. The van der Waals surface area contributed by atoms with Crippen LogP contribution >= 0.6 is 15.9 Å². The van der Waals surface area contributed by atoms with Gasteiger partial charge in [0.15, 0.2) is 0 Å². The number of pyridine rings is 1. The van der Waals surface area contributed by atoms with E-state index in [0.717, 1.165) is 5.56 Å². The number of carbonyl (C=O) groups excluding carboxylic acids is 2. The topological polar surface area (TPSA) is 80.3 Å².